The SMILES string of the molecule is CCCCNC(=O)C(C)Oc1cc(Cl)ccc1C(=O)O. The lowest BCUT2D eigenvalue weighted by molar-refractivity contribution is -0.127. The molecular weight excluding hydrogens is 282 g/mol. The van der Waals surface area contributed by atoms with Gasteiger partial charge in [-0.15, -0.1) is 0 Å². The van der Waals surface area contributed by atoms with Crippen molar-refractivity contribution in [2.45, 2.75) is 32.8 Å². The van der Waals surface area contributed by atoms with Crippen LogP contribution in [0.5, 0.6) is 5.75 Å². The molecule has 1 aromatic rings. The topological polar surface area (TPSA) is 75.6 Å². The van der Waals surface area contributed by atoms with Crippen LogP contribution in [0.15, 0.2) is 18.2 Å². The van der Waals surface area contributed by atoms with Crippen LogP contribution in [0.1, 0.15) is 37.0 Å². The van der Waals surface area contributed by atoms with Gasteiger partial charge in [-0.2, -0.15) is 0 Å². The number of carboxylic acids is 1. The van der Waals surface area contributed by atoms with Crippen LogP contribution in [-0.2, 0) is 4.79 Å². The summed E-state index contributed by atoms with van der Waals surface area (Å²) in [6.45, 7) is 4.16. The van der Waals surface area contributed by atoms with E-state index in [0.717, 1.165) is 12.8 Å². The summed E-state index contributed by atoms with van der Waals surface area (Å²) >= 11 is 5.81. The molecule has 0 radical (unpaired) electrons. The Morgan fingerprint density at radius 2 is 2.15 bits per heavy atom. The molecule has 0 saturated heterocycles. The van der Waals surface area contributed by atoms with Gasteiger partial charge in [0.05, 0.1) is 0 Å². The van der Waals surface area contributed by atoms with Gasteiger partial charge in [0.25, 0.3) is 5.91 Å². The van der Waals surface area contributed by atoms with Crippen molar-refractivity contribution < 1.29 is 19.4 Å². The van der Waals surface area contributed by atoms with E-state index in [9.17, 15) is 9.59 Å². The van der Waals surface area contributed by atoms with Gasteiger partial charge in [0, 0.05) is 11.6 Å². The molecule has 0 aliphatic heterocycles. The summed E-state index contributed by atoms with van der Waals surface area (Å²) in [7, 11) is 0. The number of rotatable bonds is 7. The fraction of sp³-hybridized carbons (Fsp3) is 0.429. The minimum absolute atomic E-state index is 0.0254. The predicted octanol–water partition coefficient (Wildman–Crippen LogP) is 2.72. The highest BCUT2D eigenvalue weighted by Gasteiger charge is 2.18. The third kappa shape index (κ3) is 4.74. The molecule has 1 rings (SSSR count). The third-order valence-corrected chi connectivity index (χ3v) is 2.91. The van der Waals surface area contributed by atoms with Gasteiger partial charge in [-0.1, -0.05) is 24.9 Å². The van der Waals surface area contributed by atoms with Gasteiger partial charge >= 0.3 is 5.97 Å². The van der Waals surface area contributed by atoms with Crippen LogP contribution >= 0.6 is 11.6 Å². The molecule has 1 atom stereocenters. The molecule has 110 valence electrons. The minimum Gasteiger partial charge on any atom is -0.480 e. The molecule has 0 spiro atoms. The largest absolute Gasteiger partial charge is 0.480 e. The van der Waals surface area contributed by atoms with E-state index in [-0.39, 0.29) is 17.2 Å². The molecule has 0 aliphatic rings. The number of carboxylic acid groups (broad SMARTS) is 1. The molecule has 6 heteroatoms. The first-order valence-electron chi connectivity index (χ1n) is 6.43. The number of hydrogen-bond acceptors (Lipinski definition) is 3. The van der Waals surface area contributed by atoms with Crippen molar-refractivity contribution in [1.29, 1.82) is 0 Å². The number of benzene rings is 1. The Bertz CT molecular complexity index is 490. The van der Waals surface area contributed by atoms with Crippen LogP contribution in [0.3, 0.4) is 0 Å². The smallest absolute Gasteiger partial charge is 0.339 e. The van der Waals surface area contributed by atoms with E-state index in [4.69, 9.17) is 21.4 Å². The van der Waals surface area contributed by atoms with Crippen molar-refractivity contribution >= 4 is 23.5 Å². The number of carbonyl (C=O) groups is 2. The first-order valence-corrected chi connectivity index (χ1v) is 6.80. The van der Waals surface area contributed by atoms with Gasteiger partial charge in [-0.05, 0) is 31.5 Å². The Morgan fingerprint density at radius 3 is 2.75 bits per heavy atom. The van der Waals surface area contributed by atoms with E-state index in [1.807, 2.05) is 6.92 Å². The predicted molar refractivity (Wildman–Crippen MR) is 76.4 cm³/mol. The summed E-state index contributed by atoms with van der Waals surface area (Å²) in [6, 6.07) is 4.20. The Labute approximate surface area is 122 Å². The normalized spacial score (nSPS) is 11.8. The molecule has 0 heterocycles. The number of aromatic carboxylic acids is 1. The van der Waals surface area contributed by atoms with E-state index in [1.165, 1.54) is 18.2 Å². The van der Waals surface area contributed by atoms with Crippen LogP contribution in [-0.4, -0.2) is 29.6 Å². The molecule has 1 amide bonds. The monoisotopic (exact) mass is 299 g/mol. The Kier molecular flexibility index (Phi) is 6.31. The lowest BCUT2D eigenvalue weighted by Gasteiger charge is -2.16. The van der Waals surface area contributed by atoms with Gasteiger partial charge in [-0.25, -0.2) is 4.79 Å². The molecule has 0 fully saturated rings. The number of carbonyl (C=O) groups excluding carboxylic acids is 1. The summed E-state index contributed by atoms with van der Waals surface area (Å²) in [5.74, 6) is -1.33. The first-order chi connectivity index (χ1) is 9.45. The maximum atomic E-state index is 11.8. The zero-order chi connectivity index (χ0) is 15.1. The van der Waals surface area contributed by atoms with Crippen molar-refractivity contribution in [3.63, 3.8) is 0 Å². The highest BCUT2D eigenvalue weighted by Crippen LogP contribution is 2.24. The maximum absolute atomic E-state index is 11.8. The zero-order valence-electron chi connectivity index (χ0n) is 11.5. The number of ether oxygens (including phenoxy) is 1. The molecule has 5 nitrogen and oxygen atoms in total. The summed E-state index contributed by atoms with van der Waals surface area (Å²) in [6.07, 6.45) is 1.08. The molecule has 0 aromatic heterocycles. The van der Waals surface area contributed by atoms with E-state index < -0.39 is 12.1 Å². The quantitative estimate of drug-likeness (QED) is 0.759. The third-order valence-electron chi connectivity index (χ3n) is 2.68. The van der Waals surface area contributed by atoms with Crippen LogP contribution in [0.25, 0.3) is 0 Å². The first kappa shape index (κ1) is 16.3. The lowest BCUT2D eigenvalue weighted by Crippen LogP contribution is -2.37. The van der Waals surface area contributed by atoms with Crippen LogP contribution in [0.2, 0.25) is 5.02 Å². The Balaban J connectivity index is 2.74. The molecular formula is C14H18ClNO4. The summed E-state index contributed by atoms with van der Waals surface area (Å²) in [5, 5.41) is 12.1. The summed E-state index contributed by atoms with van der Waals surface area (Å²) in [5.41, 5.74) is -0.0254. The Morgan fingerprint density at radius 1 is 1.45 bits per heavy atom. The number of halogens is 1. The summed E-state index contributed by atoms with van der Waals surface area (Å²) < 4.78 is 5.40. The second kappa shape index (κ2) is 7.75. The molecule has 0 saturated carbocycles. The molecule has 1 aromatic carbocycles. The van der Waals surface area contributed by atoms with Crippen LogP contribution in [0.4, 0.5) is 0 Å². The van der Waals surface area contributed by atoms with Gasteiger partial charge in [0.15, 0.2) is 6.10 Å². The van der Waals surface area contributed by atoms with Gasteiger partial charge in [0.1, 0.15) is 11.3 Å². The van der Waals surface area contributed by atoms with E-state index in [2.05, 4.69) is 5.32 Å². The standard InChI is InChI=1S/C14H18ClNO4/c1-3-4-7-16-13(17)9(2)20-12-8-10(15)5-6-11(12)14(18)19/h5-6,8-9H,3-4,7H2,1-2H3,(H,16,17)(H,18,19). The molecule has 2 N–H and O–H groups in total. The van der Waals surface area contributed by atoms with Crippen molar-refractivity contribution in [3.05, 3.63) is 28.8 Å². The molecule has 0 aliphatic carbocycles. The average Bonchev–Trinajstić information content (AvgIpc) is 2.38. The lowest BCUT2D eigenvalue weighted by atomic mass is 10.2. The minimum atomic E-state index is -1.13. The van der Waals surface area contributed by atoms with Crippen molar-refractivity contribution in [1.82, 2.24) is 5.32 Å². The van der Waals surface area contributed by atoms with Crippen molar-refractivity contribution in [2.24, 2.45) is 0 Å². The van der Waals surface area contributed by atoms with Crippen molar-refractivity contribution in [3.8, 4) is 5.75 Å². The van der Waals surface area contributed by atoms with Crippen LogP contribution in [0, 0.1) is 0 Å². The fourth-order valence-electron chi connectivity index (χ4n) is 1.55. The second-order valence-electron chi connectivity index (χ2n) is 4.35. The molecule has 20 heavy (non-hydrogen) atoms. The summed E-state index contributed by atoms with van der Waals surface area (Å²) in [4.78, 5) is 22.8. The van der Waals surface area contributed by atoms with Gasteiger partial charge < -0.3 is 15.2 Å². The molecule has 1 unspecified atom stereocenters. The van der Waals surface area contributed by atoms with E-state index >= 15 is 0 Å². The second-order valence-corrected chi connectivity index (χ2v) is 4.79. The molecule has 0 bridgehead atoms. The van der Waals surface area contributed by atoms with Gasteiger partial charge in [0.2, 0.25) is 0 Å². The number of amides is 1. The van der Waals surface area contributed by atoms with Gasteiger partial charge in [-0.3, -0.25) is 4.79 Å². The van der Waals surface area contributed by atoms with E-state index in [1.54, 1.807) is 6.92 Å². The fourth-order valence-corrected chi connectivity index (χ4v) is 1.71. The number of unbranched alkanes of at least 4 members (excludes halogenated alkanes) is 1. The highest BCUT2D eigenvalue weighted by molar-refractivity contribution is 6.30. The van der Waals surface area contributed by atoms with E-state index in [0.29, 0.717) is 11.6 Å². The van der Waals surface area contributed by atoms with Crippen molar-refractivity contribution in [2.75, 3.05) is 6.54 Å². The average molecular weight is 300 g/mol. The Hall–Kier alpha value is -1.75. The maximum Gasteiger partial charge on any atom is 0.339 e. The highest BCUT2D eigenvalue weighted by atomic mass is 35.5. The van der Waals surface area contributed by atoms with Crippen LogP contribution < -0.4 is 10.1 Å². The number of hydrogen-bond donors (Lipinski definition) is 2. The zero-order valence-corrected chi connectivity index (χ0v) is 12.2. The number of nitrogens with one attached hydrogen (secondary N) is 1.